The van der Waals surface area contributed by atoms with Gasteiger partial charge in [-0.2, -0.15) is 0 Å². The number of piperidine rings is 1. The lowest BCUT2D eigenvalue weighted by Gasteiger charge is -2.39. The fourth-order valence-electron chi connectivity index (χ4n) is 2.91. The molecule has 0 aliphatic carbocycles. The van der Waals surface area contributed by atoms with Gasteiger partial charge in [0.2, 0.25) is 0 Å². The van der Waals surface area contributed by atoms with Gasteiger partial charge in [-0.25, -0.2) is 0 Å². The van der Waals surface area contributed by atoms with Crippen molar-refractivity contribution in [2.45, 2.75) is 33.6 Å². The van der Waals surface area contributed by atoms with Crippen molar-refractivity contribution in [1.29, 1.82) is 0 Å². The summed E-state index contributed by atoms with van der Waals surface area (Å²) in [6.07, 6.45) is 2.50. The zero-order valence-corrected chi connectivity index (χ0v) is 12.6. The first-order valence-electron chi connectivity index (χ1n) is 7.09. The van der Waals surface area contributed by atoms with Crippen molar-refractivity contribution in [2.24, 2.45) is 11.3 Å². The van der Waals surface area contributed by atoms with Crippen LogP contribution in [0.1, 0.15) is 33.6 Å². The Morgan fingerprint density at radius 1 is 1.16 bits per heavy atom. The first-order chi connectivity index (χ1) is 8.90. The Bertz CT molecular complexity index is 429. The molecule has 0 atom stereocenters. The molecule has 0 aromatic heterocycles. The van der Waals surface area contributed by atoms with Crippen LogP contribution < -0.4 is 15.4 Å². The predicted octanol–water partition coefficient (Wildman–Crippen LogP) is 3.54. The molecular weight excluding hydrogens is 236 g/mol. The van der Waals surface area contributed by atoms with E-state index in [0.717, 1.165) is 30.4 Å². The maximum atomic E-state index is 5.93. The van der Waals surface area contributed by atoms with Crippen molar-refractivity contribution in [1.82, 2.24) is 0 Å². The highest BCUT2D eigenvalue weighted by Crippen LogP contribution is 2.36. The summed E-state index contributed by atoms with van der Waals surface area (Å²) in [5, 5.41) is 0. The summed E-state index contributed by atoms with van der Waals surface area (Å²) in [4.78, 5) is 2.42. The van der Waals surface area contributed by atoms with Crippen molar-refractivity contribution in [3.05, 3.63) is 18.2 Å². The van der Waals surface area contributed by atoms with E-state index in [1.54, 1.807) is 7.11 Å². The number of nitrogens with two attached hydrogens (primary N) is 1. The smallest absolute Gasteiger partial charge is 0.122 e. The van der Waals surface area contributed by atoms with Gasteiger partial charge >= 0.3 is 0 Å². The molecule has 1 fully saturated rings. The van der Waals surface area contributed by atoms with E-state index in [1.165, 1.54) is 18.5 Å². The lowest BCUT2D eigenvalue weighted by molar-refractivity contribution is 0.199. The summed E-state index contributed by atoms with van der Waals surface area (Å²) in [6, 6.07) is 5.99. The highest BCUT2D eigenvalue weighted by Gasteiger charge is 2.28. The zero-order chi connectivity index (χ0) is 14.0. The van der Waals surface area contributed by atoms with Crippen LogP contribution in [0.3, 0.4) is 0 Å². The number of rotatable bonds is 2. The van der Waals surface area contributed by atoms with Crippen molar-refractivity contribution >= 4 is 11.4 Å². The minimum Gasteiger partial charge on any atom is -0.497 e. The molecule has 2 N–H and O–H groups in total. The van der Waals surface area contributed by atoms with Gasteiger partial charge in [-0.3, -0.25) is 0 Å². The summed E-state index contributed by atoms with van der Waals surface area (Å²) in [7, 11) is 1.68. The van der Waals surface area contributed by atoms with Gasteiger partial charge < -0.3 is 15.4 Å². The highest BCUT2D eigenvalue weighted by molar-refractivity contribution is 5.60. The van der Waals surface area contributed by atoms with Crippen LogP contribution in [-0.2, 0) is 0 Å². The molecule has 1 aliphatic heterocycles. The second-order valence-electron chi connectivity index (χ2n) is 6.59. The van der Waals surface area contributed by atoms with Crippen LogP contribution in [0.15, 0.2) is 18.2 Å². The van der Waals surface area contributed by atoms with E-state index in [1.807, 2.05) is 12.1 Å². The van der Waals surface area contributed by atoms with Gasteiger partial charge in [0.15, 0.2) is 0 Å². The maximum absolute atomic E-state index is 5.93. The van der Waals surface area contributed by atoms with Crippen LogP contribution in [0.2, 0.25) is 0 Å². The van der Waals surface area contributed by atoms with Crippen LogP contribution in [-0.4, -0.2) is 20.2 Å². The standard InChI is InChI=1S/C16H26N2O/c1-16(2,3)12-5-7-18(8-6-12)14-9-13(17)10-15(11-14)19-4/h9-12H,5-8,17H2,1-4H3. The predicted molar refractivity (Wildman–Crippen MR) is 81.8 cm³/mol. The van der Waals surface area contributed by atoms with E-state index in [9.17, 15) is 0 Å². The molecule has 1 heterocycles. The van der Waals surface area contributed by atoms with Gasteiger partial charge in [-0.15, -0.1) is 0 Å². The monoisotopic (exact) mass is 262 g/mol. The van der Waals surface area contributed by atoms with Gasteiger partial charge in [0.05, 0.1) is 7.11 Å². The topological polar surface area (TPSA) is 38.5 Å². The molecule has 3 heteroatoms. The summed E-state index contributed by atoms with van der Waals surface area (Å²) >= 11 is 0. The molecule has 3 nitrogen and oxygen atoms in total. The van der Waals surface area contributed by atoms with Crippen molar-refractivity contribution in [2.75, 3.05) is 30.8 Å². The molecular formula is C16H26N2O. The molecule has 0 spiro atoms. The molecule has 0 unspecified atom stereocenters. The Labute approximate surface area is 116 Å². The number of methoxy groups -OCH3 is 1. The maximum Gasteiger partial charge on any atom is 0.122 e. The fourth-order valence-corrected chi connectivity index (χ4v) is 2.91. The van der Waals surface area contributed by atoms with Gasteiger partial charge in [0.1, 0.15) is 5.75 Å². The number of nitrogen functional groups attached to an aromatic ring is 1. The Morgan fingerprint density at radius 2 is 1.79 bits per heavy atom. The normalized spacial score (nSPS) is 17.6. The number of hydrogen-bond donors (Lipinski definition) is 1. The molecule has 19 heavy (non-hydrogen) atoms. The number of benzene rings is 1. The second-order valence-corrected chi connectivity index (χ2v) is 6.59. The molecule has 1 aromatic rings. The highest BCUT2D eigenvalue weighted by atomic mass is 16.5. The minimum absolute atomic E-state index is 0.416. The van der Waals surface area contributed by atoms with E-state index < -0.39 is 0 Å². The van der Waals surface area contributed by atoms with Crippen LogP contribution in [0, 0.1) is 11.3 Å². The summed E-state index contributed by atoms with van der Waals surface area (Å²) in [5.41, 5.74) is 8.30. The quantitative estimate of drug-likeness (QED) is 0.828. The molecule has 0 radical (unpaired) electrons. The number of anilines is 2. The number of hydrogen-bond acceptors (Lipinski definition) is 3. The molecule has 1 aromatic carbocycles. The number of nitrogens with zero attached hydrogens (tertiary/aromatic N) is 1. The lowest BCUT2D eigenvalue weighted by atomic mass is 9.75. The molecule has 1 saturated heterocycles. The van der Waals surface area contributed by atoms with Crippen LogP contribution in [0.5, 0.6) is 5.75 Å². The third kappa shape index (κ3) is 3.34. The summed E-state index contributed by atoms with van der Waals surface area (Å²) < 4.78 is 5.30. The molecule has 106 valence electrons. The van der Waals surface area contributed by atoms with Crippen molar-refractivity contribution < 1.29 is 4.74 Å². The SMILES string of the molecule is COc1cc(N)cc(N2CCC(C(C)(C)C)CC2)c1. The summed E-state index contributed by atoms with van der Waals surface area (Å²) in [6.45, 7) is 9.24. The zero-order valence-electron chi connectivity index (χ0n) is 12.6. The van der Waals surface area contributed by atoms with Crippen LogP contribution in [0.25, 0.3) is 0 Å². The van der Waals surface area contributed by atoms with Gasteiger partial charge in [0.25, 0.3) is 0 Å². The Kier molecular flexibility index (Phi) is 3.93. The second kappa shape index (κ2) is 5.32. The first kappa shape index (κ1) is 14.0. The third-order valence-corrected chi connectivity index (χ3v) is 4.23. The van der Waals surface area contributed by atoms with Crippen LogP contribution in [0.4, 0.5) is 11.4 Å². The van der Waals surface area contributed by atoms with E-state index in [4.69, 9.17) is 10.5 Å². The molecule has 0 bridgehead atoms. The van der Waals surface area contributed by atoms with E-state index in [-0.39, 0.29) is 0 Å². The Morgan fingerprint density at radius 3 is 2.32 bits per heavy atom. The van der Waals surface area contributed by atoms with Gasteiger partial charge in [0, 0.05) is 36.6 Å². The first-order valence-corrected chi connectivity index (χ1v) is 7.09. The van der Waals surface area contributed by atoms with E-state index in [2.05, 4.69) is 31.7 Å². The van der Waals surface area contributed by atoms with Crippen LogP contribution >= 0.6 is 0 Å². The van der Waals surface area contributed by atoms with Crippen molar-refractivity contribution in [3.8, 4) is 5.75 Å². The molecule has 2 rings (SSSR count). The third-order valence-electron chi connectivity index (χ3n) is 4.23. The number of ether oxygens (including phenoxy) is 1. The average molecular weight is 262 g/mol. The van der Waals surface area contributed by atoms with E-state index in [0.29, 0.717) is 5.41 Å². The molecule has 0 saturated carbocycles. The van der Waals surface area contributed by atoms with Crippen molar-refractivity contribution in [3.63, 3.8) is 0 Å². The minimum atomic E-state index is 0.416. The summed E-state index contributed by atoms with van der Waals surface area (Å²) in [5.74, 6) is 1.65. The molecule has 0 amide bonds. The van der Waals surface area contributed by atoms with E-state index >= 15 is 0 Å². The average Bonchev–Trinajstić information content (AvgIpc) is 2.37. The largest absolute Gasteiger partial charge is 0.497 e. The van der Waals surface area contributed by atoms with Gasteiger partial charge in [-0.1, -0.05) is 20.8 Å². The fraction of sp³-hybridized carbons (Fsp3) is 0.625. The Hall–Kier alpha value is -1.38. The molecule has 1 aliphatic rings. The van der Waals surface area contributed by atoms with Gasteiger partial charge in [-0.05, 0) is 30.2 Å². The Balaban J connectivity index is 2.07. The lowest BCUT2D eigenvalue weighted by Crippen LogP contribution is -2.38.